The molecule has 172 valence electrons. The highest BCUT2D eigenvalue weighted by Gasteiger charge is 2.15. The summed E-state index contributed by atoms with van der Waals surface area (Å²) in [6.07, 6.45) is 2.07. The van der Waals surface area contributed by atoms with Crippen LogP contribution >= 0.6 is 0 Å². The normalized spacial score (nSPS) is 11.3. The molecule has 0 spiro atoms. The van der Waals surface area contributed by atoms with Crippen LogP contribution in [-0.4, -0.2) is 65.8 Å². The van der Waals surface area contributed by atoms with Crippen LogP contribution in [0.4, 0.5) is 11.4 Å². The lowest BCUT2D eigenvalue weighted by atomic mass is 10.1. The Morgan fingerprint density at radius 2 is 1.91 bits per heavy atom. The molecule has 0 bridgehead atoms. The number of aromatic nitrogens is 4. The van der Waals surface area contributed by atoms with E-state index >= 15 is 0 Å². The van der Waals surface area contributed by atoms with E-state index in [0.717, 1.165) is 35.4 Å². The number of anilines is 2. The maximum atomic E-state index is 12.6. The summed E-state index contributed by atoms with van der Waals surface area (Å²) in [5.41, 5.74) is 10.1. The topological polar surface area (TPSA) is 105 Å². The summed E-state index contributed by atoms with van der Waals surface area (Å²) in [7, 11) is 7.74. The minimum atomic E-state index is -0.243. The molecule has 0 saturated heterocycles. The van der Waals surface area contributed by atoms with Crippen LogP contribution in [0.1, 0.15) is 11.4 Å². The molecule has 2 heterocycles. The molecule has 33 heavy (non-hydrogen) atoms. The summed E-state index contributed by atoms with van der Waals surface area (Å²) >= 11 is 0. The average molecular weight is 448 g/mol. The Morgan fingerprint density at radius 3 is 2.67 bits per heavy atom. The van der Waals surface area contributed by atoms with Crippen LogP contribution in [0.15, 0.2) is 53.5 Å². The number of aromatic amines is 1. The van der Waals surface area contributed by atoms with Gasteiger partial charge in [-0.15, -0.1) is 0 Å². The Bertz CT molecular complexity index is 1330. The van der Waals surface area contributed by atoms with Gasteiger partial charge in [0.25, 0.3) is 0 Å². The molecular formula is C24H29N7O2. The summed E-state index contributed by atoms with van der Waals surface area (Å²) in [4.78, 5) is 28.7. The summed E-state index contributed by atoms with van der Waals surface area (Å²) in [5.74, 6) is 1.79. The minimum absolute atomic E-state index is 0.243. The Morgan fingerprint density at radius 1 is 1.12 bits per heavy atom. The number of fused-ring (bicyclic) bond motifs is 1. The summed E-state index contributed by atoms with van der Waals surface area (Å²) < 4.78 is 7.21. The van der Waals surface area contributed by atoms with E-state index < -0.39 is 0 Å². The molecule has 0 radical (unpaired) electrons. The van der Waals surface area contributed by atoms with Gasteiger partial charge in [0.05, 0.1) is 29.5 Å². The molecule has 0 aliphatic heterocycles. The van der Waals surface area contributed by atoms with Crippen molar-refractivity contribution >= 4 is 22.4 Å². The molecule has 0 fully saturated rings. The molecule has 0 saturated carbocycles. The molecule has 2 aromatic carbocycles. The van der Waals surface area contributed by atoms with Gasteiger partial charge in [-0.2, -0.15) is 0 Å². The molecule has 0 atom stereocenters. The molecule has 4 aromatic rings. The van der Waals surface area contributed by atoms with E-state index in [4.69, 9.17) is 10.5 Å². The lowest BCUT2D eigenvalue weighted by Crippen LogP contribution is -2.29. The third-order valence-corrected chi connectivity index (χ3v) is 5.58. The summed E-state index contributed by atoms with van der Waals surface area (Å²) in [6.45, 7) is 1.75. The number of nitrogens with one attached hydrogen (secondary N) is 1. The van der Waals surface area contributed by atoms with Crippen LogP contribution < -0.4 is 21.1 Å². The van der Waals surface area contributed by atoms with E-state index in [-0.39, 0.29) is 5.69 Å². The number of likely N-dealkylation sites (N-methyl/N-ethyl adjacent to an activating group) is 2. The highest BCUT2D eigenvalue weighted by atomic mass is 16.5. The van der Waals surface area contributed by atoms with Gasteiger partial charge in [-0.05, 0) is 38.4 Å². The number of imidazole rings is 1. The number of rotatable bonds is 8. The number of ether oxygens (including phenoxy) is 1. The number of nitrogens with zero attached hydrogens (tertiary/aromatic N) is 5. The lowest BCUT2D eigenvalue weighted by Gasteiger charge is -2.24. The van der Waals surface area contributed by atoms with Gasteiger partial charge in [0, 0.05) is 44.4 Å². The molecule has 9 nitrogen and oxygen atoms in total. The van der Waals surface area contributed by atoms with E-state index in [1.165, 1.54) is 0 Å². The summed E-state index contributed by atoms with van der Waals surface area (Å²) in [6, 6.07) is 13.1. The maximum Gasteiger partial charge on any atom is 0.332 e. The third-order valence-electron chi connectivity index (χ3n) is 5.58. The highest BCUT2D eigenvalue weighted by Crippen LogP contribution is 2.32. The predicted molar refractivity (Wildman–Crippen MR) is 132 cm³/mol. The molecule has 4 rings (SSSR count). The fraction of sp³-hybridized carbons (Fsp3) is 0.292. The van der Waals surface area contributed by atoms with Crippen molar-refractivity contribution < 1.29 is 4.74 Å². The molecule has 9 heteroatoms. The number of benzene rings is 2. The van der Waals surface area contributed by atoms with Crippen LogP contribution in [0, 0.1) is 0 Å². The second kappa shape index (κ2) is 9.33. The van der Waals surface area contributed by atoms with Crippen molar-refractivity contribution in [3.05, 3.63) is 70.5 Å². The standard InChI is InChI=1S/C24H29N7O2/c1-29(2)11-12-30(3)20-15-21(33-4)16(13-17(20)25)14-22-26-10-9-23(28-22)31-19-8-6-5-7-18(19)27-24(31)32/h5-10,13,15H,11-12,14,25H2,1-4H3,(H,27,32). The first kappa shape index (κ1) is 22.3. The average Bonchev–Trinajstić information content (AvgIpc) is 3.13. The molecule has 0 aliphatic carbocycles. The van der Waals surface area contributed by atoms with Gasteiger partial charge in [0.1, 0.15) is 17.4 Å². The van der Waals surface area contributed by atoms with E-state index in [1.807, 2.05) is 57.5 Å². The molecule has 0 amide bonds. The van der Waals surface area contributed by atoms with Crippen LogP contribution in [0.3, 0.4) is 0 Å². The molecule has 0 aliphatic rings. The Hall–Kier alpha value is -3.85. The number of methoxy groups -OCH3 is 1. The monoisotopic (exact) mass is 447 g/mol. The van der Waals surface area contributed by atoms with Crippen molar-refractivity contribution in [2.24, 2.45) is 0 Å². The van der Waals surface area contributed by atoms with Gasteiger partial charge in [-0.1, -0.05) is 12.1 Å². The van der Waals surface area contributed by atoms with Crippen LogP contribution in [0.5, 0.6) is 5.75 Å². The van der Waals surface area contributed by atoms with Crippen molar-refractivity contribution in [2.45, 2.75) is 6.42 Å². The lowest BCUT2D eigenvalue weighted by molar-refractivity contribution is 0.409. The van der Waals surface area contributed by atoms with E-state index in [0.29, 0.717) is 29.5 Å². The summed E-state index contributed by atoms with van der Waals surface area (Å²) in [5, 5.41) is 0. The van der Waals surface area contributed by atoms with Crippen molar-refractivity contribution in [1.29, 1.82) is 0 Å². The number of hydrogen-bond donors (Lipinski definition) is 2. The van der Waals surface area contributed by atoms with Gasteiger partial charge in [0.15, 0.2) is 0 Å². The molecule has 0 unspecified atom stereocenters. The van der Waals surface area contributed by atoms with Crippen molar-refractivity contribution in [3.8, 4) is 11.6 Å². The molecule has 2 aromatic heterocycles. The van der Waals surface area contributed by atoms with Crippen molar-refractivity contribution in [3.63, 3.8) is 0 Å². The smallest absolute Gasteiger partial charge is 0.332 e. The van der Waals surface area contributed by atoms with E-state index in [1.54, 1.807) is 23.9 Å². The number of nitrogens with two attached hydrogens (primary N) is 1. The quantitative estimate of drug-likeness (QED) is 0.399. The van der Waals surface area contributed by atoms with Crippen molar-refractivity contribution in [1.82, 2.24) is 24.4 Å². The maximum absolute atomic E-state index is 12.6. The Labute approximate surface area is 192 Å². The van der Waals surface area contributed by atoms with Gasteiger partial charge >= 0.3 is 5.69 Å². The first-order chi connectivity index (χ1) is 15.9. The molecular weight excluding hydrogens is 418 g/mol. The van der Waals surface area contributed by atoms with E-state index in [9.17, 15) is 4.79 Å². The predicted octanol–water partition coefficient (Wildman–Crippen LogP) is 2.29. The van der Waals surface area contributed by atoms with Gasteiger partial charge in [-0.25, -0.2) is 19.3 Å². The first-order valence-electron chi connectivity index (χ1n) is 10.7. The number of hydrogen-bond acceptors (Lipinski definition) is 7. The molecule has 3 N–H and O–H groups in total. The largest absolute Gasteiger partial charge is 0.496 e. The zero-order valence-electron chi connectivity index (χ0n) is 19.4. The minimum Gasteiger partial charge on any atom is -0.496 e. The fourth-order valence-corrected chi connectivity index (χ4v) is 3.81. The number of H-pyrrole nitrogens is 1. The van der Waals surface area contributed by atoms with Crippen LogP contribution in [-0.2, 0) is 6.42 Å². The van der Waals surface area contributed by atoms with Gasteiger partial charge in [-0.3, -0.25) is 0 Å². The van der Waals surface area contributed by atoms with Gasteiger partial charge < -0.3 is 25.3 Å². The van der Waals surface area contributed by atoms with Crippen LogP contribution in [0.2, 0.25) is 0 Å². The van der Waals surface area contributed by atoms with E-state index in [2.05, 4.69) is 24.8 Å². The second-order valence-electron chi connectivity index (χ2n) is 8.24. The zero-order chi connectivity index (χ0) is 23.5. The third kappa shape index (κ3) is 4.68. The van der Waals surface area contributed by atoms with Gasteiger partial charge in [0.2, 0.25) is 0 Å². The number of para-hydroxylation sites is 2. The Balaban J connectivity index is 1.65. The Kier molecular flexibility index (Phi) is 6.32. The fourth-order valence-electron chi connectivity index (χ4n) is 3.81. The SMILES string of the molecule is COc1cc(N(C)CCN(C)C)c(N)cc1Cc1nccc(-n2c(=O)[nH]c3ccccc32)n1. The zero-order valence-corrected chi connectivity index (χ0v) is 19.4. The number of nitrogen functional groups attached to an aromatic ring is 1. The second-order valence-corrected chi connectivity index (χ2v) is 8.24. The van der Waals surface area contributed by atoms with Crippen LogP contribution in [0.25, 0.3) is 16.9 Å². The highest BCUT2D eigenvalue weighted by molar-refractivity contribution is 5.76. The van der Waals surface area contributed by atoms with Crippen molar-refractivity contribution in [2.75, 3.05) is 52.0 Å². The first-order valence-corrected chi connectivity index (χ1v) is 10.7.